The molecule has 0 amide bonds. The van der Waals surface area contributed by atoms with E-state index in [4.69, 9.17) is 0 Å². The molecule has 0 radical (unpaired) electrons. The van der Waals surface area contributed by atoms with Gasteiger partial charge in [0.2, 0.25) is 0 Å². The third kappa shape index (κ3) is 4.13. The molecule has 4 heteroatoms. The van der Waals surface area contributed by atoms with Gasteiger partial charge in [0.05, 0.1) is 0 Å². The summed E-state index contributed by atoms with van der Waals surface area (Å²) in [5, 5.41) is 9.88. The van der Waals surface area contributed by atoms with Gasteiger partial charge in [0.25, 0.3) is 0 Å². The van der Waals surface area contributed by atoms with Crippen molar-refractivity contribution in [1.29, 1.82) is 0 Å². The number of carbonyl (C=O) groups is 1. The first-order valence-corrected chi connectivity index (χ1v) is 6.71. The van der Waals surface area contributed by atoms with Crippen molar-refractivity contribution < 1.29 is 14.3 Å². The zero-order chi connectivity index (χ0) is 15.4. The van der Waals surface area contributed by atoms with Crippen LogP contribution in [-0.4, -0.2) is 22.8 Å². The Bertz CT molecular complexity index is 638. The molecule has 0 unspecified atom stereocenters. The van der Waals surface area contributed by atoms with Gasteiger partial charge in [0, 0.05) is 24.2 Å². The van der Waals surface area contributed by atoms with E-state index in [0.29, 0.717) is 24.2 Å². The third-order valence-electron chi connectivity index (χ3n) is 3.29. The van der Waals surface area contributed by atoms with Gasteiger partial charge in [-0.1, -0.05) is 12.1 Å². The Balaban J connectivity index is 2.08. The molecule has 0 saturated carbocycles. The summed E-state index contributed by atoms with van der Waals surface area (Å²) in [6, 6.07) is 11.2. The fourth-order valence-electron chi connectivity index (χ4n) is 2.18. The van der Waals surface area contributed by atoms with Crippen molar-refractivity contribution in [3.05, 3.63) is 65.0 Å². The molecule has 2 aromatic carbocycles. The number of hydrogen-bond donors (Lipinski definition) is 1. The van der Waals surface area contributed by atoms with Crippen molar-refractivity contribution in [2.75, 3.05) is 7.05 Å². The Hall–Kier alpha value is -2.20. The van der Waals surface area contributed by atoms with Crippen LogP contribution in [0.4, 0.5) is 4.39 Å². The van der Waals surface area contributed by atoms with Crippen molar-refractivity contribution in [2.45, 2.75) is 20.0 Å². The second kappa shape index (κ2) is 6.50. The molecule has 2 aromatic rings. The minimum absolute atomic E-state index is 0.0302. The highest BCUT2D eigenvalue weighted by molar-refractivity contribution is 5.94. The second-order valence-corrected chi connectivity index (χ2v) is 5.20. The van der Waals surface area contributed by atoms with Crippen molar-refractivity contribution in [2.24, 2.45) is 0 Å². The predicted molar refractivity (Wildman–Crippen MR) is 79.7 cm³/mol. The molecule has 0 heterocycles. The molecule has 0 aliphatic heterocycles. The Labute approximate surface area is 123 Å². The molecular weight excluding hydrogens is 269 g/mol. The molecule has 2 rings (SSSR count). The van der Waals surface area contributed by atoms with Crippen molar-refractivity contribution >= 4 is 5.78 Å². The third-order valence-corrected chi connectivity index (χ3v) is 3.29. The molecule has 0 saturated heterocycles. The topological polar surface area (TPSA) is 40.5 Å². The lowest BCUT2D eigenvalue weighted by atomic mass is 10.1. The van der Waals surface area contributed by atoms with Gasteiger partial charge in [-0.15, -0.1) is 0 Å². The number of phenols is 1. The number of ketones is 1. The highest BCUT2D eigenvalue weighted by atomic mass is 19.1. The van der Waals surface area contributed by atoms with Crippen LogP contribution in [0.2, 0.25) is 0 Å². The molecule has 0 aliphatic carbocycles. The average Bonchev–Trinajstić information content (AvgIpc) is 2.43. The van der Waals surface area contributed by atoms with Crippen molar-refractivity contribution in [1.82, 2.24) is 4.90 Å². The molecular formula is C17H18FNO2. The second-order valence-electron chi connectivity index (χ2n) is 5.20. The lowest BCUT2D eigenvalue weighted by Gasteiger charge is -2.18. The number of carbonyl (C=O) groups excluding carboxylic acids is 1. The van der Waals surface area contributed by atoms with Crippen molar-refractivity contribution in [3.63, 3.8) is 0 Å². The normalized spacial score (nSPS) is 10.9. The quantitative estimate of drug-likeness (QED) is 0.857. The molecule has 0 bridgehead atoms. The molecule has 3 nitrogen and oxygen atoms in total. The maximum atomic E-state index is 12.9. The van der Waals surface area contributed by atoms with E-state index in [1.807, 2.05) is 11.9 Å². The molecule has 0 fully saturated rings. The maximum Gasteiger partial charge on any atom is 0.159 e. The number of rotatable bonds is 5. The Kier molecular flexibility index (Phi) is 4.70. The summed E-state index contributed by atoms with van der Waals surface area (Å²) >= 11 is 0. The first-order chi connectivity index (χ1) is 9.95. The Morgan fingerprint density at radius 3 is 2.43 bits per heavy atom. The highest BCUT2D eigenvalue weighted by Gasteiger charge is 2.09. The SMILES string of the molecule is CC(=O)c1ccc(O)c(CN(C)Cc2ccc(F)cc2)c1. The Morgan fingerprint density at radius 2 is 1.81 bits per heavy atom. The molecule has 0 aliphatic rings. The van der Waals surface area contributed by atoms with Gasteiger partial charge >= 0.3 is 0 Å². The molecule has 1 N–H and O–H groups in total. The smallest absolute Gasteiger partial charge is 0.159 e. The fraction of sp³-hybridized carbons (Fsp3) is 0.235. The van der Waals surface area contributed by atoms with E-state index in [1.165, 1.54) is 25.1 Å². The summed E-state index contributed by atoms with van der Waals surface area (Å²) < 4.78 is 12.9. The van der Waals surface area contributed by atoms with Gasteiger partial charge in [0.15, 0.2) is 5.78 Å². The van der Waals surface area contributed by atoms with E-state index in [1.54, 1.807) is 24.3 Å². The minimum atomic E-state index is -0.256. The van der Waals surface area contributed by atoms with Gasteiger partial charge in [0.1, 0.15) is 11.6 Å². The first kappa shape index (κ1) is 15.2. The summed E-state index contributed by atoms with van der Waals surface area (Å²) in [6.07, 6.45) is 0. The van der Waals surface area contributed by atoms with Gasteiger partial charge in [-0.3, -0.25) is 9.69 Å². The van der Waals surface area contributed by atoms with Crippen LogP contribution >= 0.6 is 0 Å². The molecule has 0 aromatic heterocycles. The number of aromatic hydroxyl groups is 1. The molecule has 110 valence electrons. The minimum Gasteiger partial charge on any atom is -0.508 e. The van der Waals surface area contributed by atoms with E-state index >= 15 is 0 Å². The van der Waals surface area contributed by atoms with E-state index in [2.05, 4.69) is 0 Å². The van der Waals surface area contributed by atoms with Crippen LogP contribution in [0.3, 0.4) is 0 Å². The van der Waals surface area contributed by atoms with Gasteiger partial charge in [-0.2, -0.15) is 0 Å². The molecule has 0 atom stereocenters. The van der Waals surface area contributed by atoms with Crippen LogP contribution in [0.25, 0.3) is 0 Å². The Morgan fingerprint density at radius 1 is 1.14 bits per heavy atom. The lowest BCUT2D eigenvalue weighted by Crippen LogP contribution is -2.17. The number of nitrogens with zero attached hydrogens (tertiary/aromatic N) is 1. The van der Waals surface area contributed by atoms with E-state index in [-0.39, 0.29) is 17.3 Å². The monoisotopic (exact) mass is 287 g/mol. The zero-order valence-corrected chi connectivity index (χ0v) is 12.1. The summed E-state index contributed by atoms with van der Waals surface area (Å²) in [5.74, 6) is -0.114. The average molecular weight is 287 g/mol. The maximum absolute atomic E-state index is 12.9. The molecule has 21 heavy (non-hydrogen) atoms. The first-order valence-electron chi connectivity index (χ1n) is 6.71. The van der Waals surface area contributed by atoms with Crippen LogP contribution in [0.5, 0.6) is 5.75 Å². The van der Waals surface area contributed by atoms with Crippen LogP contribution in [0.15, 0.2) is 42.5 Å². The predicted octanol–water partition coefficient (Wildman–Crippen LogP) is 3.37. The van der Waals surface area contributed by atoms with Gasteiger partial charge in [-0.25, -0.2) is 4.39 Å². The largest absolute Gasteiger partial charge is 0.508 e. The van der Waals surface area contributed by atoms with Crippen LogP contribution in [-0.2, 0) is 13.1 Å². The highest BCUT2D eigenvalue weighted by Crippen LogP contribution is 2.21. The number of phenolic OH excluding ortho intramolecular Hbond substituents is 1. The van der Waals surface area contributed by atoms with E-state index < -0.39 is 0 Å². The number of benzene rings is 2. The summed E-state index contributed by atoms with van der Waals surface area (Å²) in [4.78, 5) is 13.4. The van der Waals surface area contributed by atoms with Gasteiger partial charge in [-0.05, 0) is 49.9 Å². The van der Waals surface area contributed by atoms with E-state index in [0.717, 1.165) is 5.56 Å². The van der Waals surface area contributed by atoms with Gasteiger partial charge < -0.3 is 5.11 Å². The van der Waals surface area contributed by atoms with Crippen LogP contribution in [0.1, 0.15) is 28.4 Å². The summed E-state index contributed by atoms with van der Waals surface area (Å²) in [7, 11) is 1.91. The summed E-state index contributed by atoms with van der Waals surface area (Å²) in [5.41, 5.74) is 2.27. The number of Topliss-reactive ketones (excluding diaryl/α,β-unsaturated/α-hetero) is 1. The fourth-order valence-corrected chi connectivity index (χ4v) is 2.18. The number of halogens is 1. The lowest BCUT2D eigenvalue weighted by molar-refractivity contribution is 0.101. The van der Waals surface area contributed by atoms with Crippen molar-refractivity contribution in [3.8, 4) is 5.75 Å². The number of hydrogen-bond acceptors (Lipinski definition) is 3. The standard InChI is InChI=1S/C17H18FNO2/c1-12(20)14-5-8-17(21)15(9-14)11-19(2)10-13-3-6-16(18)7-4-13/h3-9,21H,10-11H2,1-2H3. The zero-order valence-electron chi connectivity index (χ0n) is 12.1. The van der Waals surface area contributed by atoms with E-state index in [9.17, 15) is 14.3 Å². The van der Waals surface area contributed by atoms with Crippen LogP contribution < -0.4 is 0 Å². The summed E-state index contributed by atoms with van der Waals surface area (Å²) in [6.45, 7) is 2.63. The van der Waals surface area contributed by atoms with Crippen LogP contribution in [0, 0.1) is 5.82 Å². The molecule has 0 spiro atoms.